The molecule has 0 saturated heterocycles. The molecule has 0 bridgehead atoms. The number of nitrogens with zero attached hydrogens (tertiary/aromatic N) is 1. The van der Waals surface area contributed by atoms with Gasteiger partial charge >= 0.3 is 0 Å². The SMILES string of the molecule is CCSC1CCCC1NCc1ccc(C#N)o1. The normalized spacial score (nSPS) is 23.8. The number of hydrogen-bond acceptors (Lipinski definition) is 4. The first-order valence-electron chi connectivity index (χ1n) is 6.17. The highest BCUT2D eigenvalue weighted by Crippen LogP contribution is 2.30. The zero-order valence-electron chi connectivity index (χ0n) is 10.1. The van der Waals surface area contributed by atoms with E-state index in [4.69, 9.17) is 9.68 Å². The summed E-state index contributed by atoms with van der Waals surface area (Å²) in [5.41, 5.74) is 0. The third-order valence-corrected chi connectivity index (χ3v) is 4.47. The number of furan rings is 1. The van der Waals surface area contributed by atoms with Gasteiger partial charge in [0.2, 0.25) is 5.76 Å². The van der Waals surface area contributed by atoms with E-state index in [1.165, 1.54) is 25.0 Å². The highest BCUT2D eigenvalue weighted by Gasteiger charge is 2.26. The van der Waals surface area contributed by atoms with E-state index in [1.54, 1.807) is 6.07 Å². The average molecular weight is 250 g/mol. The summed E-state index contributed by atoms with van der Waals surface area (Å²) in [5, 5.41) is 13.0. The van der Waals surface area contributed by atoms with Gasteiger partial charge in [-0.15, -0.1) is 0 Å². The van der Waals surface area contributed by atoms with Gasteiger partial charge in [0, 0.05) is 11.3 Å². The topological polar surface area (TPSA) is 49.0 Å². The number of nitriles is 1. The van der Waals surface area contributed by atoms with Crippen molar-refractivity contribution in [3.8, 4) is 6.07 Å². The van der Waals surface area contributed by atoms with Crippen molar-refractivity contribution in [3.63, 3.8) is 0 Å². The van der Waals surface area contributed by atoms with E-state index < -0.39 is 0 Å². The van der Waals surface area contributed by atoms with Gasteiger partial charge in [0.1, 0.15) is 11.8 Å². The van der Waals surface area contributed by atoms with Crippen molar-refractivity contribution >= 4 is 11.8 Å². The molecule has 1 aromatic heterocycles. The second-order valence-corrected chi connectivity index (χ2v) is 5.81. The van der Waals surface area contributed by atoms with Gasteiger partial charge in [-0.2, -0.15) is 17.0 Å². The smallest absolute Gasteiger partial charge is 0.203 e. The van der Waals surface area contributed by atoms with Crippen molar-refractivity contribution in [3.05, 3.63) is 23.7 Å². The third kappa shape index (κ3) is 3.27. The second kappa shape index (κ2) is 6.13. The molecule has 1 N–H and O–H groups in total. The summed E-state index contributed by atoms with van der Waals surface area (Å²) in [6.07, 6.45) is 3.89. The molecule has 1 aliphatic rings. The quantitative estimate of drug-likeness (QED) is 0.873. The average Bonchev–Trinajstić information content (AvgIpc) is 2.95. The van der Waals surface area contributed by atoms with Crippen molar-refractivity contribution in [2.45, 2.75) is 44.0 Å². The lowest BCUT2D eigenvalue weighted by atomic mass is 10.2. The maximum atomic E-state index is 8.68. The molecule has 1 aromatic rings. The van der Waals surface area contributed by atoms with Crippen molar-refractivity contribution in [1.29, 1.82) is 5.26 Å². The number of thioether (sulfide) groups is 1. The molecule has 2 unspecified atom stereocenters. The van der Waals surface area contributed by atoms with Crippen molar-refractivity contribution < 1.29 is 4.42 Å². The molecular weight excluding hydrogens is 232 g/mol. The van der Waals surface area contributed by atoms with Gasteiger partial charge in [0.15, 0.2) is 0 Å². The minimum absolute atomic E-state index is 0.396. The molecule has 1 heterocycles. The van der Waals surface area contributed by atoms with Crippen LogP contribution in [0.25, 0.3) is 0 Å². The molecular formula is C13H18N2OS. The molecule has 2 atom stereocenters. The molecule has 0 spiro atoms. The number of hydrogen-bond donors (Lipinski definition) is 1. The van der Waals surface area contributed by atoms with Gasteiger partial charge in [-0.05, 0) is 30.7 Å². The molecule has 0 aromatic carbocycles. The zero-order valence-corrected chi connectivity index (χ0v) is 10.9. The fourth-order valence-electron chi connectivity index (χ4n) is 2.34. The summed E-state index contributed by atoms with van der Waals surface area (Å²) in [5.74, 6) is 2.43. The Balaban J connectivity index is 1.83. The minimum atomic E-state index is 0.396. The van der Waals surface area contributed by atoms with Crippen LogP contribution in [-0.4, -0.2) is 17.0 Å². The van der Waals surface area contributed by atoms with Crippen molar-refractivity contribution in [2.24, 2.45) is 0 Å². The van der Waals surface area contributed by atoms with E-state index in [1.807, 2.05) is 23.9 Å². The molecule has 92 valence electrons. The summed E-state index contributed by atoms with van der Waals surface area (Å²) < 4.78 is 5.36. The molecule has 0 radical (unpaired) electrons. The molecule has 0 amide bonds. The molecule has 2 rings (SSSR count). The van der Waals surface area contributed by atoms with Crippen LogP contribution >= 0.6 is 11.8 Å². The molecule has 4 heteroatoms. The number of nitrogens with one attached hydrogen (secondary N) is 1. The van der Waals surface area contributed by atoms with Crippen LogP contribution in [0.2, 0.25) is 0 Å². The summed E-state index contributed by atoms with van der Waals surface area (Å²) >= 11 is 2.05. The van der Waals surface area contributed by atoms with Gasteiger partial charge < -0.3 is 9.73 Å². The van der Waals surface area contributed by atoms with Crippen LogP contribution in [0.5, 0.6) is 0 Å². The van der Waals surface area contributed by atoms with Gasteiger partial charge in [-0.3, -0.25) is 0 Å². The Morgan fingerprint density at radius 1 is 1.53 bits per heavy atom. The van der Waals surface area contributed by atoms with Crippen LogP contribution in [-0.2, 0) is 6.54 Å². The summed E-state index contributed by atoms with van der Waals surface area (Å²) in [6, 6.07) is 6.20. The summed E-state index contributed by atoms with van der Waals surface area (Å²) in [7, 11) is 0. The monoisotopic (exact) mass is 250 g/mol. The van der Waals surface area contributed by atoms with E-state index in [2.05, 4.69) is 12.2 Å². The van der Waals surface area contributed by atoms with Crippen LogP contribution < -0.4 is 5.32 Å². The first-order valence-corrected chi connectivity index (χ1v) is 7.22. The van der Waals surface area contributed by atoms with E-state index in [0.29, 0.717) is 11.8 Å². The second-order valence-electron chi connectivity index (χ2n) is 4.29. The van der Waals surface area contributed by atoms with Crippen LogP contribution in [0.15, 0.2) is 16.5 Å². The fourth-order valence-corrected chi connectivity index (χ4v) is 3.56. The van der Waals surface area contributed by atoms with Gasteiger partial charge in [-0.1, -0.05) is 13.3 Å². The van der Waals surface area contributed by atoms with E-state index in [9.17, 15) is 0 Å². The Labute approximate surface area is 107 Å². The number of rotatable bonds is 5. The molecule has 1 saturated carbocycles. The largest absolute Gasteiger partial charge is 0.449 e. The minimum Gasteiger partial charge on any atom is -0.449 e. The highest BCUT2D eigenvalue weighted by molar-refractivity contribution is 7.99. The Morgan fingerprint density at radius 2 is 2.41 bits per heavy atom. The predicted octanol–water partition coefficient (Wildman–Crippen LogP) is 2.92. The molecule has 0 aliphatic heterocycles. The fraction of sp³-hybridized carbons (Fsp3) is 0.615. The van der Waals surface area contributed by atoms with E-state index >= 15 is 0 Å². The van der Waals surface area contributed by atoms with Gasteiger partial charge in [0.25, 0.3) is 0 Å². The molecule has 3 nitrogen and oxygen atoms in total. The highest BCUT2D eigenvalue weighted by atomic mass is 32.2. The predicted molar refractivity (Wildman–Crippen MR) is 69.8 cm³/mol. The lowest BCUT2D eigenvalue weighted by molar-refractivity contribution is 0.443. The Hall–Kier alpha value is -0.920. The van der Waals surface area contributed by atoms with Gasteiger partial charge in [-0.25, -0.2) is 0 Å². The summed E-state index contributed by atoms with van der Waals surface area (Å²) in [4.78, 5) is 0. The van der Waals surface area contributed by atoms with Crippen molar-refractivity contribution in [1.82, 2.24) is 5.32 Å². The lowest BCUT2D eigenvalue weighted by Gasteiger charge is -2.19. The standard InChI is InChI=1S/C13H18N2OS/c1-2-17-13-5-3-4-12(13)15-9-11-7-6-10(8-14)16-11/h6-7,12-13,15H,2-5,9H2,1H3. The van der Waals surface area contributed by atoms with E-state index in [-0.39, 0.29) is 0 Å². The van der Waals surface area contributed by atoms with Crippen LogP contribution in [0.1, 0.15) is 37.7 Å². The molecule has 1 fully saturated rings. The molecule has 17 heavy (non-hydrogen) atoms. The maximum Gasteiger partial charge on any atom is 0.203 e. The zero-order chi connectivity index (χ0) is 12.1. The molecule has 1 aliphatic carbocycles. The Morgan fingerprint density at radius 3 is 3.12 bits per heavy atom. The first-order chi connectivity index (χ1) is 8.33. The maximum absolute atomic E-state index is 8.68. The lowest BCUT2D eigenvalue weighted by Crippen LogP contribution is -2.33. The third-order valence-electron chi connectivity index (χ3n) is 3.14. The van der Waals surface area contributed by atoms with Crippen LogP contribution in [0.3, 0.4) is 0 Å². The summed E-state index contributed by atoms with van der Waals surface area (Å²) in [6.45, 7) is 2.94. The Kier molecular flexibility index (Phi) is 4.52. The van der Waals surface area contributed by atoms with Crippen molar-refractivity contribution in [2.75, 3.05) is 5.75 Å². The first kappa shape index (κ1) is 12.5. The van der Waals surface area contributed by atoms with Crippen LogP contribution in [0, 0.1) is 11.3 Å². The Bertz CT molecular complexity index is 396. The van der Waals surface area contributed by atoms with E-state index in [0.717, 1.165) is 17.6 Å². The van der Waals surface area contributed by atoms with Crippen LogP contribution in [0.4, 0.5) is 0 Å². The van der Waals surface area contributed by atoms with Gasteiger partial charge in [0.05, 0.1) is 6.54 Å².